The topological polar surface area (TPSA) is 86.8 Å². The number of hydrogen-bond donors (Lipinski definition) is 1. The Kier molecular flexibility index (Phi) is 6.48. The molecule has 0 aliphatic heterocycles. The summed E-state index contributed by atoms with van der Waals surface area (Å²) in [6.07, 6.45) is 0. The van der Waals surface area contributed by atoms with E-state index < -0.39 is 15.9 Å². The Bertz CT molecular complexity index is 855. The number of amides is 2. The van der Waals surface area contributed by atoms with Crippen molar-refractivity contribution < 1.29 is 18.0 Å². The molecule has 0 aliphatic carbocycles. The molecule has 0 bridgehead atoms. The van der Waals surface area contributed by atoms with Crippen LogP contribution in [0.4, 0.5) is 5.69 Å². The molecule has 0 unspecified atom stereocenters. The van der Waals surface area contributed by atoms with Crippen LogP contribution in [0.1, 0.15) is 0 Å². The minimum absolute atomic E-state index is 0.111. The molecule has 8 heteroatoms. The van der Waals surface area contributed by atoms with Crippen LogP contribution in [-0.2, 0) is 19.6 Å². The van der Waals surface area contributed by atoms with E-state index >= 15 is 0 Å². The van der Waals surface area contributed by atoms with Gasteiger partial charge in [-0.15, -0.1) is 0 Å². The van der Waals surface area contributed by atoms with Crippen LogP contribution in [0.15, 0.2) is 65.6 Å². The van der Waals surface area contributed by atoms with Crippen molar-refractivity contribution in [3.63, 3.8) is 0 Å². The van der Waals surface area contributed by atoms with Gasteiger partial charge in [-0.1, -0.05) is 36.4 Å². The van der Waals surface area contributed by atoms with Crippen molar-refractivity contribution in [2.24, 2.45) is 0 Å². The Morgan fingerprint density at radius 2 is 1.42 bits per heavy atom. The van der Waals surface area contributed by atoms with Crippen molar-refractivity contribution >= 4 is 27.5 Å². The Balaban J connectivity index is 1.93. The van der Waals surface area contributed by atoms with Gasteiger partial charge in [0.1, 0.15) is 0 Å². The molecule has 0 spiro atoms. The zero-order valence-electron chi connectivity index (χ0n) is 14.6. The number of para-hydroxylation sites is 1. The van der Waals surface area contributed by atoms with Gasteiger partial charge in [0.05, 0.1) is 18.0 Å². The molecule has 0 fully saturated rings. The maximum absolute atomic E-state index is 12.4. The van der Waals surface area contributed by atoms with Gasteiger partial charge in [-0.25, -0.2) is 8.42 Å². The monoisotopic (exact) mass is 375 g/mol. The number of anilines is 1. The lowest BCUT2D eigenvalue weighted by Crippen LogP contribution is -2.42. The Labute approximate surface area is 153 Å². The molecular formula is C18H21N3O4S. The number of carbonyl (C=O) groups is 2. The van der Waals surface area contributed by atoms with E-state index in [9.17, 15) is 18.0 Å². The molecule has 26 heavy (non-hydrogen) atoms. The first-order chi connectivity index (χ1) is 12.3. The molecule has 0 aromatic heterocycles. The molecule has 2 aromatic rings. The quantitative estimate of drug-likeness (QED) is 0.793. The van der Waals surface area contributed by atoms with E-state index in [4.69, 9.17) is 0 Å². The lowest BCUT2D eigenvalue weighted by Gasteiger charge is -2.21. The van der Waals surface area contributed by atoms with Crippen molar-refractivity contribution in [2.75, 3.05) is 32.5 Å². The Hall–Kier alpha value is -2.71. The summed E-state index contributed by atoms with van der Waals surface area (Å²) in [7, 11) is -0.974. The van der Waals surface area contributed by atoms with E-state index in [2.05, 4.69) is 5.32 Å². The van der Waals surface area contributed by atoms with Crippen LogP contribution >= 0.6 is 0 Å². The van der Waals surface area contributed by atoms with Gasteiger partial charge in [-0.05, 0) is 24.3 Å². The lowest BCUT2D eigenvalue weighted by molar-refractivity contribution is -0.133. The molecular weight excluding hydrogens is 354 g/mol. The fraction of sp³-hybridized carbons (Fsp3) is 0.222. The molecule has 2 rings (SSSR count). The summed E-state index contributed by atoms with van der Waals surface area (Å²) >= 11 is 0. The number of carbonyl (C=O) groups excluding carboxylic acids is 2. The predicted molar refractivity (Wildman–Crippen MR) is 99.0 cm³/mol. The van der Waals surface area contributed by atoms with Gasteiger partial charge in [0, 0.05) is 19.8 Å². The number of nitrogens with one attached hydrogen (secondary N) is 1. The first-order valence-corrected chi connectivity index (χ1v) is 9.35. The van der Waals surface area contributed by atoms with E-state index in [1.807, 2.05) is 6.07 Å². The number of benzene rings is 2. The van der Waals surface area contributed by atoms with Crippen molar-refractivity contribution in [1.29, 1.82) is 0 Å². The Morgan fingerprint density at radius 1 is 0.885 bits per heavy atom. The van der Waals surface area contributed by atoms with Gasteiger partial charge in [-0.3, -0.25) is 9.59 Å². The SMILES string of the molecule is CN(CC(=O)Nc1ccccc1)C(=O)CN(C)S(=O)(=O)c1ccccc1. The van der Waals surface area contributed by atoms with Crippen LogP contribution in [-0.4, -0.2) is 56.6 Å². The average Bonchev–Trinajstić information content (AvgIpc) is 2.63. The van der Waals surface area contributed by atoms with E-state index in [0.717, 1.165) is 4.31 Å². The second-order valence-corrected chi connectivity index (χ2v) is 7.78. The summed E-state index contributed by atoms with van der Waals surface area (Å²) < 4.78 is 25.8. The summed E-state index contributed by atoms with van der Waals surface area (Å²) in [6, 6.07) is 16.7. The fourth-order valence-electron chi connectivity index (χ4n) is 2.19. The molecule has 0 atom stereocenters. The first kappa shape index (κ1) is 19.6. The zero-order chi connectivity index (χ0) is 19.2. The summed E-state index contributed by atoms with van der Waals surface area (Å²) in [4.78, 5) is 25.6. The maximum atomic E-state index is 12.4. The standard InChI is InChI=1S/C18H21N3O4S/c1-20(13-17(22)19-15-9-5-3-6-10-15)18(23)14-21(2)26(24,25)16-11-7-4-8-12-16/h3-12H,13-14H2,1-2H3,(H,19,22). The van der Waals surface area contributed by atoms with Crippen LogP contribution in [0.3, 0.4) is 0 Å². The molecule has 0 saturated heterocycles. The highest BCUT2D eigenvalue weighted by atomic mass is 32.2. The summed E-state index contributed by atoms with van der Waals surface area (Å²) in [5, 5.41) is 2.67. The molecule has 138 valence electrons. The minimum atomic E-state index is -3.76. The number of nitrogens with zero attached hydrogens (tertiary/aromatic N) is 2. The number of rotatable bonds is 7. The largest absolute Gasteiger partial charge is 0.335 e. The average molecular weight is 375 g/mol. The normalized spacial score (nSPS) is 11.2. The van der Waals surface area contributed by atoms with Gasteiger partial charge in [0.25, 0.3) is 0 Å². The molecule has 0 aliphatic rings. The molecule has 2 aromatic carbocycles. The van der Waals surface area contributed by atoms with Crippen LogP contribution in [0.2, 0.25) is 0 Å². The van der Waals surface area contributed by atoms with Crippen LogP contribution in [0.5, 0.6) is 0 Å². The highest BCUT2D eigenvalue weighted by molar-refractivity contribution is 7.89. The van der Waals surface area contributed by atoms with Gasteiger partial charge < -0.3 is 10.2 Å². The first-order valence-electron chi connectivity index (χ1n) is 7.91. The van der Waals surface area contributed by atoms with Crippen LogP contribution in [0.25, 0.3) is 0 Å². The van der Waals surface area contributed by atoms with Crippen LogP contribution < -0.4 is 5.32 Å². The number of likely N-dealkylation sites (N-methyl/N-ethyl adjacent to an activating group) is 2. The summed E-state index contributed by atoms with van der Waals surface area (Å²) in [5.41, 5.74) is 0.627. The minimum Gasteiger partial charge on any atom is -0.335 e. The Morgan fingerprint density at radius 3 is 2.00 bits per heavy atom. The van der Waals surface area contributed by atoms with Gasteiger partial charge in [-0.2, -0.15) is 4.31 Å². The molecule has 2 amide bonds. The predicted octanol–water partition coefficient (Wildman–Crippen LogP) is 1.40. The van der Waals surface area contributed by atoms with Crippen LogP contribution in [0, 0.1) is 0 Å². The molecule has 0 radical (unpaired) electrons. The van der Waals surface area contributed by atoms with E-state index in [0.29, 0.717) is 5.69 Å². The van der Waals surface area contributed by atoms with Crippen molar-refractivity contribution in [3.05, 3.63) is 60.7 Å². The highest BCUT2D eigenvalue weighted by Gasteiger charge is 2.24. The molecule has 1 N–H and O–H groups in total. The molecule has 7 nitrogen and oxygen atoms in total. The third-order valence-electron chi connectivity index (χ3n) is 3.67. The van der Waals surface area contributed by atoms with E-state index in [-0.39, 0.29) is 23.9 Å². The lowest BCUT2D eigenvalue weighted by atomic mass is 10.3. The van der Waals surface area contributed by atoms with Gasteiger partial charge in [0.2, 0.25) is 21.8 Å². The highest BCUT2D eigenvalue weighted by Crippen LogP contribution is 2.13. The van der Waals surface area contributed by atoms with Crippen molar-refractivity contribution in [1.82, 2.24) is 9.21 Å². The third-order valence-corrected chi connectivity index (χ3v) is 5.49. The third kappa shape index (κ3) is 5.14. The fourth-order valence-corrected chi connectivity index (χ4v) is 3.34. The van der Waals surface area contributed by atoms with Gasteiger partial charge in [0.15, 0.2) is 0 Å². The van der Waals surface area contributed by atoms with Crippen molar-refractivity contribution in [3.8, 4) is 0 Å². The van der Waals surface area contributed by atoms with E-state index in [1.54, 1.807) is 42.5 Å². The molecule has 0 saturated carbocycles. The smallest absolute Gasteiger partial charge is 0.243 e. The maximum Gasteiger partial charge on any atom is 0.243 e. The number of sulfonamides is 1. The van der Waals surface area contributed by atoms with E-state index in [1.165, 1.54) is 31.1 Å². The number of hydrogen-bond acceptors (Lipinski definition) is 4. The summed E-state index contributed by atoms with van der Waals surface area (Å²) in [6.45, 7) is -0.528. The zero-order valence-corrected chi connectivity index (χ0v) is 15.4. The second-order valence-electron chi connectivity index (χ2n) is 5.74. The van der Waals surface area contributed by atoms with Crippen molar-refractivity contribution in [2.45, 2.75) is 4.90 Å². The van der Waals surface area contributed by atoms with Gasteiger partial charge >= 0.3 is 0 Å². The molecule has 0 heterocycles. The second kappa shape index (κ2) is 8.59. The summed E-state index contributed by atoms with van der Waals surface area (Å²) in [5.74, 6) is -0.837.